The van der Waals surface area contributed by atoms with Crippen molar-refractivity contribution in [1.29, 1.82) is 0 Å². The summed E-state index contributed by atoms with van der Waals surface area (Å²) in [6, 6.07) is 5.48. The zero-order valence-electron chi connectivity index (χ0n) is 15.9. The third-order valence-corrected chi connectivity index (χ3v) is 6.75. The molecular weight excluding hydrogens is 380 g/mol. The van der Waals surface area contributed by atoms with Gasteiger partial charge in [-0.1, -0.05) is 5.16 Å². The number of imide groups is 1. The summed E-state index contributed by atoms with van der Waals surface area (Å²) in [6.45, 7) is -0.586. The molecule has 9 heteroatoms. The molecule has 4 aliphatic rings. The Labute approximate surface area is 166 Å². The molecule has 0 radical (unpaired) electrons. The first-order valence-electron chi connectivity index (χ1n) is 9.49. The van der Waals surface area contributed by atoms with E-state index in [0.29, 0.717) is 17.9 Å². The van der Waals surface area contributed by atoms with Gasteiger partial charge in [0.15, 0.2) is 11.5 Å². The van der Waals surface area contributed by atoms with Crippen LogP contribution in [0.25, 0.3) is 0 Å². The van der Waals surface area contributed by atoms with Crippen molar-refractivity contribution in [2.45, 2.75) is 12.5 Å². The number of carbonyl (C=O) groups is 3. The van der Waals surface area contributed by atoms with Crippen LogP contribution in [-0.2, 0) is 19.2 Å². The fourth-order valence-corrected chi connectivity index (χ4v) is 5.71. The molecule has 3 fully saturated rings. The number of benzene rings is 1. The molecule has 1 N–H and O–H groups in total. The van der Waals surface area contributed by atoms with E-state index < -0.39 is 30.3 Å². The number of hydrogen-bond donors (Lipinski definition) is 1. The molecule has 0 unspecified atom stereocenters. The third kappa shape index (κ3) is 2.33. The average Bonchev–Trinajstić information content (AvgIpc) is 3.44. The Morgan fingerprint density at radius 2 is 1.83 bits per heavy atom. The lowest BCUT2D eigenvalue weighted by Crippen LogP contribution is -2.41. The number of methoxy groups -OCH3 is 2. The number of carbonyl (C=O) groups excluding carboxylic acids is 2. The van der Waals surface area contributed by atoms with Crippen LogP contribution in [-0.4, -0.2) is 60.4 Å². The van der Waals surface area contributed by atoms with Crippen molar-refractivity contribution in [2.75, 3.05) is 20.8 Å². The molecule has 0 spiro atoms. The number of likely N-dealkylation sites (tertiary alicyclic amines) is 1. The van der Waals surface area contributed by atoms with Gasteiger partial charge < -0.3 is 19.4 Å². The van der Waals surface area contributed by atoms with E-state index in [-0.39, 0.29) is 29.8 Å². The second-order valence-electron chi connectivity index (χ2n) is 7.91. The Morgan fingerprint density at radius 3 is 2.48 bits per heavy atom. The first-order chi connectivity index (χ1) is 14.0. The number of fused-ring (bicyclic) bond motifs is 8. The van der Waals surface area contributed by atoms with Crippen LogP contribution >= 0.6 is 0 Å². The molecule has 29 heavy (non-hydrogen) atoms. The molecule has 2 aliphatic carbocycles. The van der Waals surface area contributed by atoms with Crippen molar-refractivity contribution < 1.29 is 33.8 Å². The SMILES string of the molecule is COc1ccc(C2=NO[C@@H]3[C@@H]4C[C@@H]([C@H]5C(=O)N(CC(=O)O)C(=O)[C@@H]45)[C@H]23)cc1OC. The molecule has 9 nitrogen and oxygen atoms in total. The molecule has 2 heterocycles. The van der Waals surface area contributed by atoms with Gasteiger partial charge in [-0.15, -0.1) is 0 Å². The smallest absolute Gasteiger partial charge is 0.323 e. The van der Waals surface area contributed by atoms with Crippen molar-refractivity contribution in [3.63, 3.8) is 0 Å². The summed E-state index contributed by atoms with van der Waals surface area (Å²) in [6.07, 6.45) is 0.431. The summed E-state index contributed by atoms with van der Waals surface area (Å²) in [5.74, 6) is -2.15. The van der Waals surface area contributed by atoms with Crippen LogP contribution in [0.5, 0.6) is 11.5 Å². The van der Waals surface area contributed by atoms with Crippen LogP contribution in [0.15, 0.2) is 23.4 Å². The quantitative estimate of drug-likeness (QED) is 0.726. The number of ether oxygens (including phenoxy) is 2. The summed E-state index contributed by atoms with van der Waals surface area (Å²) >= 11 is 0. The lowest BCUT2D eigenvalue weighted by molar-refractivity contribution is -0.150. The van der Waals surface area contributed by atoms with Gasteiger partial charge in [0.2, 0.25) is 11.8 Å². The summed E-state index contributed by atoms with van der Waals surface area (Å²) in [5, 5.41) is 13.3. The van der Waals surface area contributed by atoms with Gasteiger partial charge in [-0.2, -0.15) is 0 Å². The van der Waals surface area contributed by atoms with Crippen LogP contribution in [0.2, 0.25) is 0 Å². The maximum Gasteiger partial charge on any atom is 0.323 e. The molecule has 6 atom stereocenters. The van der Waals surface area contributed by atoms with E-state index in [0.717, 1.165) is 16.2 Å². The molecule has 2 saturated carbocycles. The number of carboxylic acids is 1. The Morgan fingerprint density at radius 1 is 1.14 bits per heavy atom. The highest BCUT2D eigenvalue weighted by atomic mass is 16.6. The number of hydrogen-bond acceptors (Lipinski definition) is 7. The standard InChI is InChI=1S/C20H20N2O7/c1-27-11-4-3-8(5-12(11)28-2)17-16-9-6-10(18(16)29-21-17)15-14(9)19(25)22(20(15)26)7-13(23)24/h3-5,9-10,14-16,18H,6-7H2,1-2H3,(H,23,24)/t9-,10+,14+,15-,16+,18+/m0/s1. The van der Waals surface area contributed by atoms with Crippen LogP contribution in [0.4, 0.5) is 0 Å². The van der Waals surface area contributed by atoms with Gasteiger partial charge in [0.1, 0.15) is 12.6 Å². The lowest BCUT2D eigenvalue weighted by atomic mass is 9.71. The summed E-state index contributed by atoms with van der Waals surface area (Å²) in [5.41, 5.74) is 1.55. The zero-order valence-corrected chi connectivity index (χ0v) is 15.9. The highest BCUT2D eigenvalue weighted by Gasteiger charge is 2.70. The van der Waals surface area contributed by atoms with Crippen LogP contribution in [0.1, 0.15) is 12.0 Å². The highest BCUT2D eigenvalue weighted by molar-refractivity contribution is 6.10. The fourth-order valence-electron chi connectivity index (χ4n) is 5.71. The summed E-state index contributed by atoms with van der Waals surface area (Å²) in [7, 11) is 3.12. The van der Waals surface area contributed by atoms with Crippen LogP contribution < -0.4 is 9.47 Å². The van der Waals surface area contributed by atoms with Crippen molar-refractivity contribution >= 4 is 23.5 Å². The minimum absolute atomic E-state index is 0.0976. The monoisotopic (exact) mass is 400 g/mol. The molecule has 2 aliphatic heterocycles. The van der Waals surface area contributed by atoms with E-state index in [9.17, 15) is 14.4 Å². The van der Waals surface area contributed by atoms with Gasteiger partial charge in [0, 0.05) is 17.4 Å². The number of carboxylic acid groups (broad SMARTS) is 1. The number of rotatable bonds is 5. The lowest BCUT2D eigenvalue weighted by Gasteiger charge is -2.30. The van der Waals surface area contributed by atoms with Gasteiger partial charge in [-0.25, -0.2) is 0 Å². The minimum atomic E-state index is -1.19. The Balaban J connectivity index is 1.46. The van der Waals surface area contributed by atoms with Crippen molar-refractivity contribution in [3.05, 3.63) is 23.8 Å². The molecular formula is C20H20N2O7. The van der Waals surface area contributed by atoms with E-state index in [2.05, 4.69) is 5.16 Å². The second kappa shape index (κ2) is 6.20. The number of nitrogens with zero attached hydrogens (tertiary/aromatic N) is 2. The molecule has 0 aromatic heterocycles. The van der Waals surface area contributed by atoms with E-state index in [1.165, 1.54) is 0 Å². The largest absolute Gasteiger partial charge is 0.493 e. The molecule has 5 rings (SSSR count). The fraction of sp³-hybridized carbons (Fsp3) is 0.500. The van der Waals surface area contributed by atoms with Crippen LogP contribution in [0, 0.1) is 29.6 Å². The third-order valence-electron chi connectivity index (χ3n) is 6.75. The molecule has 1 saturated heterocycles. The van der Waals surface area contributed by atoms with E-state index in [4.69, 9.17) is 19.4 Å². The van der Waals surface area contributed by atoms with Crippen LogP contribution in [0.3, 0.4) is 0 Å². The number of aliphatic carboxylic acids is 1. The normalized spacial score (nSPS) is 34.0. The maximum absolute atomic E-state index is 12.9. The predicted molar refractivity (Wildman–Crippen MR) is 97.4 cm³/mol. The second-order valence-corrected chi connectivity index (χ2v) is 7.91. The number of amides is 2. The Kier molecular flexibility index (Phi) is 3.84. The molecule has 2 amide bonds. The van der Waals surface area contributed by atoms with Crippen molar-refractivity contribution in [1.82, 2.24) is 4.90 Å². The number of oxime groups is 1. The predicted octanol–water partition coefficient (Wildman–Crippen LogP) is 0.758. The van der Waals surface area contributed by atoms with Gasteiger partial charge in [-0.3, -0.25) is 19.3 Å². The van der Waals surface area contributed by atoms with Gasteiger partial charge in [-0.05, 0) is 30.5 Å². The van der Waals surface area contributed by atoms with E-state index >= 15 is 0 Å². The van der Waals surface area contributed by atoms with E-state index in [1.54, 1.807) is 20.3 Å². The average molecular weight is 400 g/mol. The molecule has 1 aromatic carbocycles. The topological polar surface area (TPSA) is 115 Å². The highest BCUT2D eigenvalue weighted by Crippen LogP contribution is 2.61. The zero-order chi connectivity index (χ0) is 20.4. The Hall–Kier alpha value is -3.10. The Bertz CT molecular complexity index is 958. The molecule has 1 aromatic rings. The van der Waals surface area contributed by atoms with Gasteiger partial charge in [0.25, 0.3) is 0 Å². The van der Waals surface area contributed by atoms with E-state index in [1.807, 2.05) is 12.1 Å². The first-order valence-corrected chi connectivity index (χ1v) is 9.49. The first kappa shape index (κ1) is 18.0. The van der Waals surface area contributed by atoms with Crippen molar-refractivity contribution in [2.24, 2.45) is 34.7 Å². The summed E-state index contributed by atoms with van der Waals surface area (Å²) in [4.78, 5) is 43.3. The van der Waals surface area contributed by atoms with Gasteiger partial charge in [0.05, 0.1) is 31.8 Å². The maximum atomic E-state index is 12.9. The van der Waals surface area contributed by atoms with Crippen molar-refractivity contribution in [3.8, 4) is 11.5 Å². The summed E-state index contributed by atoms with van der Waals surface area (Å²) < 4.78 is 10.7. The van der Waals surface area contributed by atoms with Gasteiger partial charge >= 0.3 is 5.97 Å². The minimum Gasteiger partial charge on any atom is -0.493 e. The molecule has 2 bridgehead atoms. The molecule has 152 valence electrons.